The lowest BCUT2D eigenvalue weighted by Gasteiger charge is -2.16. The third kappa shape index (κ3) is 5.74. The average molecular weight is 304 g/mol. The van der Waals surface area contributed by atoms with Gasteiger partial charge in [0.2, 0.25) is 5.95 Å². The molecule has 0 aliphatic heterocycles. The van der Waals surface area contributed by atoms with Crippen LogP contribution in [0.5, 0.6) is 0 Å². The molecule has 1 aromatic heterocycles. The molecular formula is C11H18ClN5O3. The highest BCUT2D eigenvalue weighted by atomic mass is 35.5. The Morgan fingerprint density at radius 2 is 2.00 bits per heavy atom. The van der Waals surface area contributed by atoms with Crippen LogP contribution in [0.4, 0.5) is 11.8 Å². The maximum Gasteiger partial charge on any atom is 0.244 e. The first-order chi connectivity index (χ1) is 9.71. The summed E-state index contributed by atoms with van der Waals surface area (Å²) in [5, 5.41) is 10.5. The van der Waals surface area contributed by atoms with Crippen LogP contribution < -0.4 is 5.32 Å². The third-order valence-corrected chi connectivity index (χ3v) is 2.47. The molecule has 0 bridgehead atoms. The molecular weight excluding hydrogens is 286 g/mol. The maximum absolute atomic E-state index is 5.72. The SMILES string of the molecule is C=Nc1nc(NCCOC(COC)COC)nnc1Cl. The number of rotatable bonds is 10. The van der Waals surface area contributed by atoms with E-state index in [0.717, 1.165) is 0 Å². The van der Waals surface area contributed by atoms with Gasteiger partial charge in [-0.25, -0.2) is 4.99 Å². The number of nitrogens with one attached hydrogen (secondary N) is 1. The van der Waals surface area contributed by atoms with Gasteiger partial charge in [-0.1, -0.05) is 11.6 Å². The van der Waals surface area contributed by atoms with Crippen molar-refractivity contribution in [3.63, 3.8) is 0 Å². The van der Waals surface area contributed by atoms with Gasteiger partial charge in [0, 0.05) is 20.8 Å². The molecule has 20 heavy (non-hydrogen) atoms. The molecule has 0 amide bonds. The Balaban J connectivity index is 2.34. The Bertz CT molecular complexity index is 415. The van der Waals surface area contributed by atoms with Gasteiger partial charge >= 0.3 is 0 Å². The summed E-state index contributed by atoms with van der Waals surface area (Å²) in [6, 6.07) is 0. The number of halogens is 1. The number of ether oxygens (including phenoxy) is 3. The summed E-state index contributed by atoms with van der Waals surface area (Å²) in [7, 11) is 3.22. The second-order valence-corrected chi connectivity index (χ2v) is 4.10. The van der Waals surface area contributed by atoms with Crippen LogP contribution in [-0.2, 0) is 14.2 Å². The van der Waals surface area contributed by atoms with Crippen molar-refractivity contribution in [2.45, 2.75) is 6.10 Å². The highest BCUT2D eigenvalue weighted by Gasteiger charge is 2.09. The number of aromatic nitrogens is 3. The van der Waals surface area contributed by atoms with E-state index < -0.39 is 0 Å². The van der Waals surface area contributed by atoms with Gasteiger partial charge < -0.3 is 19.5 Å². The van der Waals surface area contributed by atoms with Crippen LogP contribution >= 0.6 is 11.6 Å². The van der Waals surface area contributed by atoms with Gasteiger partial charge in [0.15, 0.2) is 11.0 Å². The quantitative estimate of drug-likeness (QED) is 0.508. The molecule has 0 aromatic carbocycles. The van der Waals surface area contributed by atoms with Gasteiger partial charge in [-0.2, -0.15) is 4.98 Å². The van der Waals surface area contributed by atoms with Crippen LogP contribution in [0.1, 0.15) is 0 Å². The zero-order valence-corrected chi connectivity index (χ0v) is 12.3. The van der Waals surface area contributed by atoms with Crippen molar-refractivity contribution in [1.82, 2.24) is 15.2 Å². The predicted molar refractivity (Wildman–Crippen MR) is 76.0 cm³/mol. The highest BCUT2D eigenvalue weighted by Crippen LogP contribution is 2.18. The van der Waals surface area contributed by atoms with E-state index in [2.05, 4.69) is 32.2 Å². The first-order valence-corrected chi connectivity index (χ1v) is 6.29. The van der Waals surface area contributed by atoms with Gasteiger partial charge in [-0.3, -0.25) is 0 Å². The van der Waals surface area contributed by atoms with E-state index in [1.807, 2.05) is 0 Å². The Morgan fingerprint density at radius 1 is 1.30 bits per heavy atom. The number of hydrogen-bond donors (Lipinski definition) is 1. The van der Waals surface area contributed by atoms with Crippen LogP contribution in [-0.4, -0.2) is 68.6 Å². The topological polar surface area (TPSA) is 90.8 Å². The Hall–Kier alpha value is -1.35. The van der Waals surface area contributed by atoms with Gasteiger partial charge in [0.25, 0.3) is 0 Å². The minimum Gasteiger partial charge on any atom is -0.382 e. The van der Waals surface area contributed by atoms with E-state index in [0.29, 0.717) is 32.3 Å². The molecule has 0 radical (unpaired) electrons. The lowest BCUT2D eigenvalue weighted by atomic mass is 10.4. The fourth-order valence-corrected chi connectivity index (χ4v) is 1.52. The molecule has 0 aliphatic carbocycles. The maximum atomic E-state index is 5.72. The molecule has 1 heterocycles. The zero-order valence-electron chi connectivity index (χ0n) is 11.5. The molecule has 0 atom stereocenters. The number of nitrogens with zero attached hydrogens (tertiary/aromatic N) is 4. The first kappa shape index (κ1) is 16.7. The highest BCUT2D eigenvalue weighted by molar-refractivity contribution is 6.31. The van der Waals surface area contributed by atoms with Gasteiger partial charge in [0.05, 0.1) is 19.8 Å². The number of aliphatic imine (C=N–C) groups is 1. The van der Waals surface area contributed by atoms with Gasteiger partial charge in [0.1, 0.15) is 6.10 Å². The lowest BCUT2D eigenvalue weighted by Crippen LogP contribution is -2.27. The van der Waals surface area contributed by atoms with Crippen molar-refractivity contribution in [3.8, 4) is 0 Å². The van der Waals surface area contributed by atoms with Crippen molar-refractivity contribution in [2.75, 3.05) is 45.9 Å². The zero-order chi connectivity index (χ0) is 14.8. The van der Waals surface area contributed by atoms with Crippen molar-refractivity contribution in [1.29, 1.82) is 0 Å². The summed E-state index contributed by atoms with van der Waals surface area (Å²) >= 11 is 5.72. The Kier molecular flexibility index (Phi) is 7.97. The van der Waals surface area contributed by atoms with E-state index >= 15 is 0 Å². The fourth-order valence-electron chi connectivity index (χ4n) is 1.38. The number of hydrogen-bond acceptors (Lipinski definition) is 8. The predicted octanol–water partition coefficient (Wildman–Crippen LogP) is 0.947. The second-order valence-electron chi connectivity index (χ2n) is 3.74. The Labute approximate surface area is 122 Å². The first-order valence-electron chi connectivity index (χ1n) is 5.91. The number of anilines is 1. The molecule has 0 saturated heterocycles. The van der Waals surface area contributed by atoms with Crippen molar-refractivity contribution < 1.29 is 14.2 Å². The lowest BCUT2D eigenvalue weighted by molar-refractivity contribution is -0.0376. The summed E-state index contributed by atoms with van der Waals surface area (Å²) in [6.45, 7) is 5.24. The monoisotopic (exact) mass is 303 g/mol. The summed E-state index contributed by atoms with van der Waals surface area (Å²) in [5.74, 6) is 0.553. The van der Waals surface area contributed by atoms with Crippen LogP contribution in [0.2, 0.25) is 5.15 Å². The molecule has 1 rings (SSSR count). The van der Waals surface area contributed by atoms with Gasteiger partial charge in [-0.05, 0) is 6.72 Å². The summed E-state index contributed by atoms with van der Waals surface area (Å²) in [4.78, 5) is 7.67. The van der Waals surface area contributed by atoms with E-state index in [-0.39, 0.29) is 17.1 Å². The summed E-state index contributed by atoms with van der Waals surface area (Å²) in [5.41, 5.74) is 0. The van der Waals surface area contributed by atoms with Crippen LogP contribution in [0.25, 0.3) is 0 Å². The molecule has 1 aromatic rings. The minimum absolute atomic E-state index is 0.110. The van der Waals surface area contributed by atoms with Crippen LogP contribution in [0.3, 0.4) is 0 Å². The molecule has 0 aliphatic rings. The normalized spacial score (nSPS) is 10.8. The second kappa shape index (κ2) is 9.54. The molecule has 1 N–H and O–H groups in total. The molecule has 0 fully saturated rings. The largest absolute Gasteiger partial charge is 0.382 e. The molecule has 0 spiro atoms. The van der Waals surface area contributed by atoms with E-state index in [1.165, 1.54) is 0 Å². The molecule has 0 saturated carbocycles. The fraction of sp³-hybridized carbons (Fsp3) is 0.636. The van der Waals surface area contributed by atoms with Crippen LogP contribution in [0, 0.1) is 0 Å². The molecule has 112 valence electrons. The molecule has 9 heteroatoms. The smallest absolute Gasteiger partial charge is 0.244 e. The summed E-state index contributed by atoms with van der Waals surface area (Å²) in [6.07, 6.45) is -0.110. The van der Waals surface area contributed by atoms with E-state index in [1.54, 1.807) is 14.2 Å². The van der Waals surface area contributed by atoms with E-state index in [4.69, 9.17) is 25.8 Å². The number of methoxy groups -OCH3 is 2. The van der Waals surface area contributed by atoms with Crippen molar-refractivity contribution >= 4 is 30.1 Å². The standard InChI is InChI=1S/C11H18ClN5O3/c1-13-10-9(12)16-17-11(15-10)14-4-5-20-8(6-18-2)7-19-3/h8H,1,4-7H2,2-3H3,(H,14,15,17). The van der Waals surface area contributed by atoms with E-state index in [9.17, 15) is 0 Å². The van der Waals surface area contributed by atoms with Gasteiger partial charge in [-0.15, -0.1) is 10.2 Å². The summed E-state index contributed by atoms with van der Waals surface area (Å²) < 4.78 is 15.6. The van der Waals surface area contributed by atoms with Crippen molar-refractivity contribution in [2.24, 2.45) is 4.99 Å². The molecule has 8 nitrogen and oxygen atoms in total. The molecule has 0 unspecified atom stereocenters. The minimum atomic E-state index is -0.110. The third-order valence-electron chi connectivity index (χ3n) is 2.22. The Morgan fingerprint density at radius 3 is 2.60 bits per heavy atom. The van der Waals surface area contributed by atoms with Crippen LogP contribution in [0.15, 0.2) is 4.99 Å². The van der Waals surface area contributed by atoms with Crippen molar-refractivity contribution in [3.05, 3.63) is 5.15 Å². The average Bonchev–Trinajstić information content (AvgIpc) is 2.45.